The lowest BCUT2D eigenvalue weighted by Crippen LogP contribution is -2.41. The molecule has 1 amide bonds. The third kappa shape index (κ3) is 5.50. The number of benzene rings is 3. The fourth-order valence-electron chi connectivity index (χ4n) is 3.29. The van der Waals surface area contributed by atoms with Gasteiger partial charge in [-0.3, -0.25) is 9.10 Å². The average Bonchev–Trinajstić information content (AvgIpc) is 2.74. The van der Waals surface area contributed by atoms with Crippen molar-refractivity contribution in [3.63, 3.8) is 0 Å². The second-order valence-electron chi connectivity index (χ2n) is 7.93. The molecule has 3 aromatic rings. The van der Waals surface area contributed by atoms with Gasteiger partial charge in [0, 0.05) is 5.02 Å². The molecule has 3 aromatic carbocycles. The van der Waals surface area contributed by atoms with E-state index in [0.717, 1.165) is 26.6 Å². The molecule has 1 N–H and O–H groups in total. The van der Waals surface area contributed by atoms with Crippen LogP contribution in [0.3, 0.4) is 0 Å². The Morgan fingerprint density at radius 1 is 0.938 bits per heavy atom. The quantitative estimate of drug-likeness (QED) is 0.507. The monoisotopic (exact) mass is 470 g/mol. The third-order valence-electron chi connectivity index (χ3n) is 5.42. The van der Waals surface area contributed by atoms with Gasteiger partial charge in [-0.2, -0.15) is 0 Å². The Morgan fingerprint density at radius 3 is 2.16 bits per heavy atom. The van der Waals surface area contributed by atoms with E-state index in [2.05, 4.69) is 5.32 Å². The van der Waals surface area contributed by atoms with Crippen LogP contribution in [0.2, 0.25) is 5.02 Å². The first-order valence-corrected chi connectivity index (χ1v) is 12.1. The minimum absolute atomic E-state index is 0.0690. The van der Waals surface area contributed by atoms with Gasteiger partial charge in [0.15, 0.2) is 0 Å². The summed E-state index contributed by atoms with van der Waals surface area (Å²) in [7, 11) is -3.99. The summed E-state index contributed by atoms with van der Waals surface area (Å²) in [6, 6.07) is 18.9. The number of rotatable bonds is 7. The molecule has 0 aromatic heterocycles. The van der Waals surface area contributed by atoms with Crippen molar-refractivity contribution in [2.45, 2.75) is 38.6 Å². The van der Waals surface area contributed by atoms with Crippen LogP contribution in [-0.4, -0.2) is 20.9 Å². The molecular formula is C25H27ClN2O3S. The summed E-state index contributed by atoms with van der Waals surface area (Å²) in [5.74, 6) is -0.395. The molecule has 5 nitrogen and oxygen atoms in total. The summed E-state index contributed by atoms with van der Waals surface area (Å²) in [5.41, 5.74) is 4.48. The van der Waals surface area contributed by atoms with Crippen LogP contribution < -0.4 is 9.62 Å². The predicted molar refractivity (Wildman–Crippen MR) is 130 cm³/mol. The Morgan fingerprint density at radius 2 is 1.56 bits per heavy atom. The number of nitrogens with zero attached hydrogens (tertiary/aromatic N) is 1. The Hall–Kier alpha value is -2.83. The number of hydrogen-bond acceptors (Lipinski definition) is 3. The summed E-state index contributed by atoms with van der Waals surface area (Å²) < 4.78 is 28.1. The van der Waals surface area contributed by atoms with E-state index in [4.69, 9.17) is 11.6 Å². The van der Waals surface area contributed by atoms with Crippen molar-refractivity contribution >= 4 is 33.2 Å². The van der Waals surface area contributed by atoms with E-state index in [9.17, 15) is 13.2 Å². The van der Waals surface area contributed by atoms with Gasteiger partial charge in [0.1, 0.15) is 6.54 Å². The van der Waals surface area contributed by atoms with Crippen molar-refractivity contribution in [1.82, 2.24) is 5.32 Å². The highest BCUT2D eigenvalue weighted by atomic mass is 35.5. The molecule has 32 heavy (non-hydrogen) atoms. The Bertz CT molecular complexity index is 1210. The number of aryl methyl sites for hydroxylation is 3. The maximum Gasteiger partial charge on any atom is 0.264 e. The normalized spacial score (nSPS) is 12.3. The lowest BCUT2D eigenvalue weighted by molar-refractivity contribution is -0.120. The van der Waals surface area contributed by atoms with E-state index >= 15 is 0 Å². The van der Waals surface area contributed by atoms with E-state index in [-0.39, 0.29) is 17.5 Å². The highest BCUT2D eigenvalue weighted by Gasteiger charge is 2.28. The number of carbonyl (C=O) groups excluding carboxylic acids is 1. The van der Waals surface area contributed by atoms with Gasteiger partial charge in [-0.05, 0) is 80.8 Å². The first-order valence-electron chi connectivity index (χ1n) is 10.3. The summed E-state index contributed by atoms with van der Waals surface area (Å²) >= 11 is 5.93. The standard InChI is InChI=1S/C25H27ClN2O3S/c1-17-5-8-21(9-6-17)20(4)27-25(29)16-28(23-12-7-18(2)19(3)15-23)32(30,31)24-13-10-22(26)11-14-24/h5-15,20H,16H2,1-4H3,(H,27,29)/t20-/m1/s1. The lowest BCUT2D eigenvalue weighted by atomic mass is 10.1. The molecule has 0 unspecified atom stereocenters. The molecular weight excluding hydrogens is 444 g/mol. The zero-order chi connectivity index (χ0) is 23.5. The highest BCUT2D eigenvalue weighted by molar-refractivity contribution is 7.92. The zero-order valence-electron chi connectivity index (χ0n) is 18.6. The van der Waals surface area contributed by atoms with E-state index < -0.39 is 15.9 Å². The van der Waals surface area contributed by atoms with Gasteiger partial charge in [-0.1, -0.05) is 47.5 Å². The molecule has 1 atom stereocenters. The smallest absolute Gasteiger partial charge is 0.264 e. The second-order valence-corrected chi connectivity index (χ2v) is 10.2. The number of sulfonamides is 1. The maximum atomic E-state index is 13.5. The van der Waals surface area contributed by atoms with Crippen LogP contribution >= 0.6 is 11.6 Å². The van der Waals surface area contributed by atoms with E-state index in [1.807, 2.05) is 58.0 Å². The highest BCUT2D eigenvalue weighted by Crippen LogP contribution is 2.26. The SMILES string of the molecule is Cc1ccc([C@@H](C)NC(=O)CN(c2ccc(C)c(C)c2)S(=O)(=O)c2ccc(Cl)cc2)cc1. The van der Waals surface area contributed by atoms with Crippen LogP contribution in [0.25, 0.3) is 0 Å². The number of amides is 1. The van der Waals surface area contributed by atoms with E-state index in [0.29, 0.717) is 10.7 Å². The first kappa shape index (κ1) is 23.8. The van der Waals surface area contributed by atoms with Crippen molar-refractivity contribution in [3.8, 4) is 0 Å². The molecule has 0 spiro atoms. The van der Waals surface area contributed by atoms with Crippen LogP contribution in [0.5, 0.6) is 0 Å². The fraction of sp³-hybridized carbons (Fsp3) is 0.240. The van der Waals surface area contributed by atoms with Gasteiger partial charge < -0.3 is 5.32 Å². The van der Waals surface area contributed by atoms with Crippen LogP contribution in [0, 0.1) is 20.8 Å². The molecule has 168 valence electrons. The van der Waals surface area contributed by atoms with Crippen LogP contribution in [0.4, 0.5) is 5.69 Å². The molecule has 0 fully saturated rings. The zero-order valence-corrected chi connectivity index (χ0v) is 20.2. The minimum atomic E-state index is -3.99. The van der Waals surface area contributed by atoms with Gasteiger partial charge in [0.05, 0.1) is 16.6 Å². The van der Waals surface area contributed by atoms with Crippen LogP contribution in [0.15, 0.2) is 71.6 Å². The molecule has 0 aliphatic heterocycles. The topological polar surface area (TPSA) is 66.5 Å². The molecule has 3 rings (SSSR count). The largest absolute Gasteiger partial charge is 0.348 e. The van der Waals surface area contributed by atoms with Gasteiger partial charge in [0.2, 0.25) is 5.91 Å². The number of hydrogen-bond donors (Lipinski definition) is 1. The summed E-state index contributed by atoms with van der Waals surface area (Å²) in [5, 5.41) is 3.34. The molecule has 0 bridgehead atoms. The molecule has 0 aliphatic carbocycles. The van der Waals surface area contributed by atoms with Gasteiger partial charge in [-0.25, -0.2) is 8.42 Å². The Balaban J connectivity index is 1.91. The van der Waals surface area contributed by atoms with Gasteiger partial charge in [-0.15, -0.1) is 0 Å². The molecule has 0 aliphatic rings. The summed E-state index contributed by atoms with van der Waals surface area (Å²) in [6.45, 7) is 7.38. The molecule has 0 saturated heterocycles. The first-order chi connectivity index (χ1) is 15.1. The number of carbonyl (C=O) groups is 1. The van der Waals surface area contributed by atoms with Crippen LogP contribution in [-0.2, 0) is 14.8 Å². The maximum absolute atomic E-state index is 13.5. The molecule has 0 heterocycles. The summed E-state index contributed by atoms with van der Waals surface area (Å²) in [6.07, 6.45) is 0. The molecule has 7 heteroatoms. The summed E-state index contributed by atoms with van der Waals surface area (Å²) in [4.78, 5) is 13.0. The molecule has 0 saturated carbocycles. The van der Waals surface area contributed by atoms with Crippen molar-refractivity contribution in [2.24, 2.45) is 0 Å². The van der Waals surface area contributed by atoms with Gasteiger partial charge in [0.25, 0.3) is 10.0 Å². The Kier molecular flexibility index (Phi) is 7.26. The number of halogens is 1. The third-order valence-corrected chi connectivity index (χ3v) is 7.46. The van der Waals surface area contributed by atoms with Crippen molar-refractivity contribution in [1.29, 1.82) is 0 Å². The predicted octanol–water partition coefficient (Wildman–Crippen LogP) is 5.34. The number of nitrogens with one attached hydrogen (secondary N) is 1. The van der Waals surface area contributed by atoms with Gasteiger partial charge >= 0.3 is 0 Å². The van der Waals surface area contributed by atoms with Crippen molar-refractivity contribution in [3.05, 3.63) is 94.0 Å². The second kappa shape index (κ2) is 9.76. The number of anilines is 1. The van der Waals surface area contributed by atoms with Crippen molar-refractivity contribution in [2.75, 3.05) is 10.8 Å². The average molecular weight is 471 g/mol. The molecule has 0 radical (unpaired) electrons. The van der Waals surface area contributed by atoms with E-state index in [1.165, 1.54) is 24.3 Å². The fourth-order valence-corrected chi connectivity index (χ4v) is 4.82. The Labute approximate surface area is 195 Å². The minimum Gasteiger partial charge on any atom is -0.348 e. The lowest BCUT2D eigenvalue weighted by Gasteiger charge is -2.26. The van der Waals surface area contributed by atoms with E-state index in [1.54, 1.807) is 12.1 Å². The van der Waals surface area contributed by atoms with Crippen LogP contribution in [0.1, 0.15) is 35.2 Å². The van der Waals surface area contributed by atoms with Crippen molar-refractivity contribution < 1.29 is 13.2 Å².